The number of aromatic nitrogens is 1. The lowest BCUT2D eigenvalue weighted by atomic mass is 10.2. The van der Waals surface area contributed by atoms with Gasteiger partial charge in [0.2, 0.25) is 5.91 Å². The van der Waals surface area contributed by atoms with Crippen LogP contribution in [0.4, 0.5) is 17.2 Å². The summed E-state index contributed by atoms with van der Waals surface area (Å²) in [6.45, 7) is 4.80. The van der Waals surface area contributed by atoms with E-state index in [0.717, 1.165) is 5.82 Å². The van der Waals surface area contributed by atoms with Crippen molar-refractivity contribution in [3.63, 3.8) is 0 Å². The topological polar surface area (TPSA) is 115 Å². The maximum Gasteiger partial charge on any atom is 0.269 e. The summed E-state index contributed by atoms with van der Waals surface area (Å²) in [5, 5.41) is 22.6. The molecule has 1 aliphatic rings. The van der Waals surface area contributed by atoms with E-state index in [9.17, 15) is 14.9 Å². The number of anilines is 2. The number of nitrogens with one attached hydrogen (secondary N) is 1. The molecule has 9 nitrogen and oxygen atoms in total. The van der Waals surface area contributed by atoms with Gasteiger partial charge in [0, 0.05) is 50.2 Å². The van der Waals surface area contributed by atoms with Crippen molar-refractivity contribution in [3.8, 4) is 6.07 Å². The lowest BCUT2D eigenvalue weighted by Gasteiger charge is -2.35. The van der Waals surface area contributed by atoms with Crippen molar-refractivity contribution in [2.75, 3.05) is 42.9 Å². The summed E-state index contributed by atoms with van der Waals surface area (Å²) in [6, 6.07) is 9.92. The monoisotopic (exact) mass is 380 g/mol. The van der Waals surface area contributed by atoms with Gasteiger partial charge in [0.1, 0.15) is 5.82 Å². The van der Waals surface area contributed by atoms with Crippen molar-refractivity contribution in [1.82, 2.24) is 9.88 Å². The second-order valence-electron chi connectivity index (χ2n) is 6.58. The summed E-state index contributed by atoms with van der Waals surface area (Å²) in [5.41, 5.74) is 1.80. The molecule has 1 aliphatic heterocycles. The molecule has 28 heavy (non-hydrogen) atoms. The number of amides is 1. The number of nitro benzene ring substituents is 1. The van der Waals surface area contributed by atoms with E-state index in [2.05, 4.69) is 21.3 Å². The number of carbonyl (C=O) groups is 1. The first-order chi connectivity index (χ1) is 13.5. The zero-order chi connectivity index (χ0) is 20.1. The van der Waals surface area contributed by atoms with E-state index < -0.39 is 4.92 Å². The van der Waals surface area contributed by atoms with E-state index in [1.165, 1.54) is 12.1 Å². The molecule has 9 heteroatoms. The minimum atomic E-state index is -0.459. The Morgan fingerprint density at radius 1 is 1.29 bits per heavy atom. The highest BCUT2D eigenvalue weighted by Crippen LogP contribution is 2.21. The molecular formula is C19H20N6O3. The number of nitriles is 1. The van der Waals surface area contributed by atoms with Gasteiger partial charge in [0.05, 0.1) is 23.1 Å². The number of pyridine rings is 1. The molecule has 1 saturated heterocycles. The SMILES string of the molecule is Cc1cc([N+](=O)[O-])ccc1NC(=O)CN1CCN(c2cc(C#N)ccn2)CC1. The molecule has 144 valence electrons. The maximum absolute atomic E-state index is 12.3. The Labute approximate surface area is 162 Å². The van der Waals surface area contributed by atoms with Gasteiger partial charge in [-0.15, -0.1) is 0 Å². The first-order valence-electron chi connectivity index (χ1n) is 8.84. The third-order valence-electron chi connectivity index (χ3n) is 4.63. The summed E-state index contributed by atoms with van der Waals surface area (Å²) in [7, 11) is 0. The van der Waals surface area contributed by atoms with Crippen LogP contribution < -0.4 is 10.2 Å². The second kappa shape index (κ2) is 8.45. The van der Waals surface area contributed by atoms with Crippen molar-refractivity contribution in [1.29, 1.82) is 5.26 Å². The molecule has 3 rings (SSSR count). The van der Waals surface area contributed by atoms with E-state index in [0.29, 0.717) is 43.0 Å². The predicted molar refractivity (Wildman–Crippen MR) is 104 cm³/mol. The van der Waals surface area contributed by atoms with Crippen LogP contribution in [0, 0.1) is 28.4 Å². The third kappa shape index (κ3) is 4.61. The zero-order valence-corrected chi connectivity index (χ0v) is 15.5. The summed E-state index contributed by atoms with van der Waals surface area (Å²) in [6.07, 6.45) is 1.63. The fourth-order valence-electron chi connectivity index (χ4n) is 3.09. The molecule has 1 amide bonds. The smallest absolute Gasteiger partial charge is 0.269 e. The molecule has 1 aromatic heterocycles. The number of non-ortho nitro benzene ring substituents is 1. The van der Waals surface area contributed by atoms with Gasteiger partial charge in [-0.3, -0.25) is 19.8 Å². The number of nitro groups is 1. The molecule has 1 aromatic carbocycles. The lowest BCUT2D eigenvalue weighted by Crippen LogP contribution is -2.49. The van der Waals surface area contributed by atoms with Crippen LogP contribution in [0.15, 0.2) is 36.5 Å². The Kier molecular flexibility index (Phi) is 5.81. The van der Waals surface area contributed by atoms with Gasteiger partial charge in [-0.1, -0.05) is 0 Å². The largest absolute Gasteiger partial charge is 0.354 e. The summed E-state index contributed by atoms with van der Waals surface area (Å²) in [5.74, 6) is 0.611. The number of carbonyl (C=O) groups excluding carboxylic acids is 1. The van der Waals surface area contributed by atoms with Crippen LogP contribution in [0.3, 0.4) is 0 Å². The molecule has 1 N–H and O–H groups in total. The second-order valence-corrected chi connectivity index (χ2v) is 6.58. The number of benzene rings is 1. The summed E-state index contributed by atoms with van der Waals surface area (Å²) < 4.78 is 0. The highest BCUT2D eigenvalue weighted by atomic mass is 16.6. The number of piperazine rings is 1. The zero-order valence-electron chi connectivity index (χ0n) is 15.5. The number of hydrogen-bond donors (Lipinski definition) is 1. The normalized spacial score (nSPS) is 14.4. The van der Waals surface area contributed by atoms with Gasteiger partial charge in [-0.05, 0) is 30.7 Å². The van der Waals surface area contributed by atoms with Crippen molar-refractivity contribution in [2.45, 2.75) is 6.92 Å². The van der Waals surface area contributed by atoms with Crippen LogP contribution in [0.1, 0.15) is 11.1 Å². The van der Waals surface area contributed by atoms with Crippen LogP contribution >= 0.6 is 0 Å². The van der Waals surface area contributed by atoms with Crippen molar-refractivity contribution < 1.29 is 9.72 Å². The van der Waals surface area contributed by atoms with E-state index in [1.54, 1.807) is 31.3 Å². The average Bonchev–Trinajstić information content (AvgIpc) is 2.70. The van der Waals surface area contributed by atoms with Crippen LogP contribution in [-0.2, 0) is 4.79 Å². The molecule has 0 aliphatic carbocycles. The van der Waals surface area contributed by atoms with Gasteiger partial charge in [0.25, 0.3) is 5.69 Å². The minimum absolute atomic E-state index is 0.000646. The van der Waals surface area contributed by atoms with E-state index >= 15 is 0 Å². The highest BCUT2D eigenvalue weighted by Gasteiger charge is 2.20. The van der Waals surface area contributed by atoms with Crippen molar-refractivity contribution in [2.24, 2.45) is 0 Å². The van der Waals surface area contributed by atoms with Crippen LogP contribution in [0.25, 0.3) is 0 Å². The molecule has 0 saturated carbocycles. The number of hydrogen-bond acceptors (Lipinski definition) is 7. The van der Waals surface area contributed by atoms with Crippen LogP contribution in [-0.4, -0.2) is 53.4 Å². The molecule has 0 atom stereocenters. The molecule has 1 fully saturated rings. The van der Waals surface area contributed by atoms with Crippen molar-refractivity contribution >= 4 is 23.1 Å². The Morgan fingerprint density at radius 3 is 2.68 bits per heavy atom. The van der Waals surface area contributed by atoms with Crippen LogP contribution in [0.5, 0.6) is 0 Å². The highest BCUT2D eigenvalue weighted by molar-refractivity contribution is 5.93. The minimum Gasteiger partial charge on any atom is -0.354 e. The molecule has 2 aromatic rings. The van der Waals surface area contributed by atoms with E-state index in [4.69, 9.17) is 5.26 Å². The van der Waals surface area contributed by atoms with Gasteiger partial charge < -0.3 is 10.2 Å². The summed E-state index contributed by atoms with van der Waals surface area (Å²) >= 11 is 0. The third-order valence-corrected chi connectivity index (χ3v) is 4.63. The number of rotatable bonds is 5. The Hall–Kier alpha value is -3.51. The molecule has 0 radical (unpaired) electrons. The average molecular weight is 380 g/mol. The van der Waals surface area contributed by atoms with Gasteiger partial charge in [-0.25, -0.2) is 4.98 Å². The number of aryl methyl sites for hydroxylation is 1. The van der Waals surface area contributed by atoms with Gasteiger partial charge in [-0.2, -0.15) is 5.26 Å². The first kappa shape index (κ1) is 19.3. The fraction of sp³-hybridized carbons (Fsp3) is 0.316. The van der Waals surface area contributed by atoms with Crippen molar-refractivity contribution in [3.05, 3.63) is 57.8 Å². The molecule has 2 heterocycles. The molecule has 0 bridgehead atoms. The van der Waals surface area contributed by atoms with Gasteiger partial charge in [0.15, 0.2) is 0 Å². The number of nitrogens with zero attached hydrogens (tertiary/aromatic N) is 5. The molecule has 0 unspecified atom stereocenters. The Morgan fingerprint density at radius 2 is 2.04 bits per heavy atom. The maximum atomic E-state index is 12.3. The van der Waals surface area contributed by atoms with Gasteiger partial charge >= 0.3 is 0 Å². The Bertz CT molecular complexity index is 932. The lowest BCUT2D eigenvalue weighted by molar-refractivity contribution is -0.384. The van der Waals surface area contributed by atoms with E-state index in [-0.39, 0.29) is 18.1 Å². The van der Waals surface area contributed by atoms with E-state index in [1.807, 2.05) is 4.90 Å². The molecule has 0 spiro atoms. The quantitative estimate of drug-likeness (QED) is 0.622. The summed E-state index contributed by atoms with van der Waals surface area (Å²) in [4.78, 5) is 31.1. The fourth-order valence-corrected chi connectivity index (χ4v) is 3.09. The molecular weight excluding hydrogens is 360 g/mol. The first-order valence-corrected chi connectivity index (χ1v) is 8.84. The predicted octanol–water partition coefficient (Wildman–Crippen LogP) is 1.93. The standard InChI is InChI=1S/C19H20N6O3/c1-14-10-16(25(27)28)2-3-17(14)22-19(26)13-23-6-8-24(9-7-23)18-11-15(12-20)4-5-21-18/h2-5,10-11H,6-9,13H2,1H3,(H,22,26). The Balaban J connectivity index is 1.52. The van der Waals surface area contributed by atoms with Crippen LogP contribution in [0.2, 0.25) is 0 Å².